The third-order valence-electron chi connectivity index (χ3n) is 6.44. The summed E-state index contributed by atoms with van der Waals surface area (Å²) in [6.45, 7) is 6.88. The third kappa shape index (κ3) is 1.99. The molecule has 1 aromatic heterocycles. The molecular formula is C18H27NS. The predicted molar refractivity (Wildman–Crippen MR) is 86.2 cm³/mol. The van der Waals surface area contributed by atoms with Crippen LogP contribution in [-0.2, 0) is 0 Å². The van der Waals surface area contributed by atoms with E-state index in [1.54, 1.807) is 5.56 Å². The highest BCUT2D eigenvalue weighted by atomic mass is 32.1. The quantitative estimate of drug-likeness (QED) is 0.839. The second-order valence-electron chi connectivity index (χ2n) is 7.52. The molecule has 1 aromatic rings. The van der Waals surface area contributed by atoms with Gasteiger partial charge in [0.15, 0.2) is 0 Å². The van der Waals surface area contributed by atoms with Gasteiger partial charge in [0.25, 0.3) is 0 Å². The first-order chi connectivity index (χ1) is 9.63. The van der Waals surface area contributed by atoms with Crippen molar-refractivity contribution < 1.29 is 0 Å². The Kier molecular flexibility index (Phi) is 3.23. The van der Waals surface area contributed by atoms with Crippen LogP contribution in [0.15, 0.2) is 6.07 Å². The van der Waals surface area contributed by atoms with E-state index in [2.05, 4.69) is 32.2 Å². The molecule has 1 N–H and O–H groups in total. The molecule has 0 radical (unpaired) electrons. The Morgan fingerprint density at radius 1 is 1.15 bits per heavy atom. The standard InChI is InChI=1S/C18H27NS/c1-10-7-16(12(3)20-10)11(2)19-18-9-13-8-17(18)15-6-4-5-14(13)15/h7,11,13-15,17-19H,4-6,8-9H2,1-3H3. The molecule has 3 aliphatic rings. The number of hydrogen-bond acceptors (Lipinski definition) is 2. The van der Waals surface area contributed by atoms with Crippen LogP contribution in [0.2, 0.25) is 0 Å². The molecule has 1 heterocycles. The summed E-state index contributed by atoms with van der Waals surface area (Å²) in [5, 5.41) is 4.00. The van der Waals surface area contributed by atoms with Crippen LogP contribution < -0.4 is 5.32 Å². The van der Waals surface area contributed by atoms with Crippen LogP contribution in [0.1, 0.15) is 60.4 Å². The summed E-state index contributed by atoms with van der Waals surface area (Å²) in [7, 11) is 0. The minimum atomic E-state index is 0.532. The lowest BCUT2D eigenvalue weighted by molar-refractivity contribution is 0.200. The highest BCUT2D eigenvalue weighted by Crippen LogP contribution is 2.58. The van der Waals surface area contributed by atoms with Gasteiger partial charge in [0.2, 0.25) is 0 Å². The van der Waals surface area contributed by atoms with E-state index in [1.165, 1.54) is 41.9 Å². The van der Waals surface area contributed by atoms with Gasteiger partial charge in [-0.05, 0) is 81.8 Å². The monoisotopic (exact) mass is 289 g/mol. The topological polar surface area (TPSA) is 12.0 Å². The van der Waals surface area contributed by atoms with Gasteiger partial charge in [-0.2, -0.15) is 0 Å². The molecule has 0 aromatic carbocycles. The fourth-order valence-corrected chi connectivity index (χ4v) is 6.77. The maximum Gasteiger partial charge on any atom is 0.0305 e. The van der Waals surface area contributed by atoms with E-state index in [9.17, 15) is 0 Å². The Morgan fingerprint density at radius 2 is 1.95 bits per heavy atom. The van der Waals surface area contributed by atoms with Gasteiger partial charge < -0.3 is 5.32 Å². The Morgan fingerprint density at radius 3 is 2.70 bits per heavy atom. The molecule has 2 heteroatoms. The second kappa shape index (κ2) is 4.84. The van der Waals surface area contributed by atoms with Crippen LogP contribution in [0.4, 0.5) is 0 Å². The second-order valence-corrected chi connectivity index (χ2v) is 8.98. The molecular weight excluding hydrogens is 262 g/mol. The highest BCUT2D eigenvalue weighted by molar-refractivity contribution is 7.12. The lowest BCUT2D eigenvalue weighted by atomic mass is 9.79. The molecule has 4 rings (SSSR count). The molecule has 2 bridgehead atoms. The molecule has 6 atom stereocenters. The van der Waals surface area contributed by atoms with Gasteiger partial charge in [-0.3, -0.25) is 0 Å². The first kappa shape index (κ1) is 13.3. The Labute approximate surface area is 127 Å². The fourth-order valence-electron chi connectivity index (χ4n) is 5.75. The van der Waals surface area contributed by atoms with Crippen LogP contribution >= 0.6 is 11.3 Å². The minimum absolute atomic E-state index is 0.532. The fraction of sp³-hybridized carbons (Fsp3) is 0.778. The molecule has 1 nitrogen and oxygen atoms in total. The SMILES string of the molecule is Cc1cc(C(C)NC2CC3CC2C2CCCC32)c(C)s1. The van der Waals surface area contributed by atoms with E-state index < -0.39 is 0 Å². The number of thiophene rings is 1. The van der Waals surface area contributed by atoms with E-state index >= 15 is 0 Å². The van der Waals surface area contributed by atoms with E-state index in [1.807, 2.05) is 11.3 Å². The number of rotatable bonds is 3. The molecule has 6 unspecified atom stereocenters. The van der Waals surface area contributed by atoms with Crippen molar-refractivity contribution in [2.24, 2.45) is 23.7 Å². The largest absolute Gasteiger partial charge is 0.307 e. The van der Waals surface area contributed by atoms with Crippen LogP contribution in [0.25, 0.3) is 0 Å². The summed E-state index contributed by atoms with van der Waals surface area (Å²) in [6.07, 6.45) is 7.55. The van der Waals surface area contributed by atoms with Gasteiger partial charge in [-0.25, -0.2) is 0 Å². The van der Waals surface area contributed by atoms with Crippen molar-refractivity contribution in [3.05, 3.63) is 21.4 Å². The average Bonchev–Trinajstić information content (AvgIpc) is 3.09. The number of nitrogens with one attached hydrogen (secondary N) is 1. The Balaban J connectivity index is 1.46. The van der Waals surface area contributed by atoms with E-state index in [0.29, 0.717) is 6.04 Å². The van der Waals surface area contributed by atoms with Gasteiger partial charge in [0, 0.05) is 21.8 Å². The van der Waals surface area contributed by atoms with Gasteiger partial charge >= 0.3 is 0 Å². The predicted octanol–water partition coefficient (Wildman–Crippen LogP) is 4.84. The molecule has 0 spiro atoms. The summed E-state index contributed by atoms with van der Waals surface area (Å²) in [5.74, 6) is 4.24. The summed E-state index contributed by atoms with van der Waals surface area (Å²) in [6, 6.07) is 3.72. The molecule has 3 fully saturated rings. The first-order valence-electron chi connectivity index (χ1n) is 8.46. The Bertz CT molecular complexity index is 506. The maximum atomic E-state index is 4.00. The first-order valence-corrected chi connectivity index (χ1v) is 9.28. The molecule has 0 aliphatic heterocycles. The van der Waals surface area contributed by atoms with Gasteiger partial charge in [0.05, 0.1) is 0 Å². The molecule has 0 amide bonds. The zero-order valence-electron chi connectivity index (χ0n) is 13.0. The highest BCUT2D eigenvalue weighted by Gasteiger charge is 2.53. The van der Waals surface area contributed by atoms with E-state index in [-0.39, 0.29) is 0 Å². The van der Waals surface area contributed by atoms with Crippen molar-refractivity contribution >= 4 is 11.3 Å². The van der Waals surface area contributed by atoms with Crippen molar-refractivity contribution in [1.82, 2.24) is 5.32 Å². The van der Waals surface area contributed by atoms with Crippen molar-refractivity contribution in [1.29, 1.82) is 0 Å². The summed E-state index contributed by atoms with van der Waals surface area (Å²) in [5.41, 5.74) is 1.54. The summed E-state index contributed by atoms with van der Waals surface area (Å²) < 4.78 is 0. The smallest absolute Gasteiger partial charge is 0.0305 e. The lowest BCUT2D eigenvalue weighted by Crippen LogP contribution is -2.40. The molecule has 3 saturated carbocycles. The van der Waals surface area contributed by atoms with Gasteiger partial charge in [-0.1, -0.05) is 6.42 Å². The number of hydrogen-bond donors (Lipinski definition) is 1. The minimum Gasteiger partial charge on any atom is -0.307 e. The summed E-state index contributed by atoms with van der Waals surface area (Å²) in [4.78, 5) is 2.96. The molecule has 0 saturated heterocycles. The van der Waals surface area contributed by atoms with Crippen LogP contribution in [-0.4, -0.2) is 6.04 Å². The molecule has 20 heavy (non-hydrogen) atoms. The van der Waals surface area contributed by atoms with Crippen molar-refractivity contribution in [3.63, 3.8) is 0 Å². The van der Waals surface area contributed by atoms with Crippen molar-refractivity contribution in [3.8, 4) is 0 Å². The van der Waals surface area contributed by atoms with Crippen molar-refractivity contribution in [2.45, 2.75) is 65.0 Å². The van der Waals surface area contributed by atoms with Gasteiger partial charge in [0.1, 0.15) is 0 Å². The average molecular weight is 289 g/mol. The van der Waals surface area contributed by atoms with E-state index in [0.717, 1.165) is 29.7 Å². The zero-order valence-corrected chi connectivity index (χ0v) is 13.8. The van der Waals surface area contributed by atoms with Gasteiger partial charge in [-0.15, -0.1) is 11.3 Å². The van der Waals surface area contributed by atoms with Crippen LogP contribution in [0.5, 0.6) is 0 Å². The number of fused-ring (bicyclic) bond motifs is 5. The van der Waals surface area contributed by atoms with E-state index in [4.69, 9.17) is 0 Å². The zero-order chi connectivity index (χ0) is 13.9. The summed E-state index contributed by atoms with van der Waals surface area (Å²) >= 11 is 1.95. The van der Waals surface area contributed by atoms with Crippen LogP contribution in [0.3, 0.4) is 0 Å². The number of aryl methyl sites for hydroxylation is 2. The maximum absolute atomic E-state index is 4.00. The van der Waals surface area contributed by atoms with Crippen LogP contribution in [0, 0.1) is 37.5 Å². The third-order valence-corrected chi connectivity index (χ3v) is 7.42. The molecule has 3 aliphatic carbocycles. The molecule has 110 valence electrons. The van der Waals surface area contributed by atoms with Crippen molar-refractivity contribution in [2.75, 3.05) is 0 Å². The normalized spacial score (nSPS) is 40.2. The lowest BCUT2D eigenvalue weighted by Gasteiger charge is -2.34. The Hall–Kier alpha value is -0.340.